The number of hydrogen-bond acceptors (Lipinski definition) is 7. The van der Waals surface area contributed by atoms with Gasteiger partial charge in [-0.05, 0) is 37.1 Å². The predicted octanol–water partition coefficient (Wildman–Crippen LogP) is 2.48. The van der Waals surface area contributed by atoms with E-state index >= 15 is 0 Å². The van der Waals surface area contributed by atoms with E-state index in [1.165, 1.54) is 16.7 Å². The zero-order valence-electron chi connectivity index (χ0n) is 14.4. The van der Waals surface area contributed by atoms with Crippen LogP contribution in [-0.2, 0) is 14.6 Å². The van der Waals surface area contributed by atoms with E-state index in [2.05, 4.69) is 0 Å². The van der Waals surface area contributed by atoms with Crippen LogP contribution in [0, 0.1) is 0 Å². The number of methoxy groups -OCH3 is 1. The van der Waals surface area contributed by atoms with E-state index in [0.717, 1.165) is 5.56 Å². The lowest BCUT2D eigenvalue weighted by atomic mass is 10.1. The number of rotatable bonds is 5. The summed E-state index contributed by atoms with van der Waals surface area (Å²) in [6.45, 7) is 2.42. The fraction of sp³-hybridized carbons (Fsp3) is 0.412. The molecule has 0 saturated carbocycles. The molecule has 26 heavy (non-hydrogen) atoms. The minimum atomic E-state index is -3.09. The Hall–Kier alpha value is -1.58. The van der Waals surface area contributed by atoms with Crippen LogP contribution in [0.1, 0.15) is 18.9 Å². The molecule has 2 aliphatic heterocycles. The number of benzene rings is 1. The van der Waals surface area contributed by atoms with Crippen molar-refractivity contribution in [3.63, 3.8) is 0 Å². The molecule has 1 aromatic carbocycles. The van der Waals surface area contributed by atoms with Gasteiger partial charge in [-0.2, -0.15) is 0 Å². The van der Waals surface area contributed by atoms with Gasteiger partial charge in [0.1, 0.15) is 4.32 Å². The first-order valence-corrected chi connectivity index (χ1v) is 11.2. The minimum Gasteiger partial charge on any atom is -0.493 e. The van der Waals surface area contributed by atoms with Gasteiger partial charge in [-0.3, -0.25) is 9.69 Å². The second-order valence-electron chi connectivity index (χ2n) is 5.95. The molecule has 3 rings (SSSR count). The highest BCUT2D eigenvalue weighted by Gasteiger charge is 2.42. The number of carbonyl (C=O) groups is 1. The zero-order valence-corrected chi connectivity index (χ0v) is 16.9. The molecule has 0 N–H and O–H groups in total. The van der Waals surface area contributed by atoms with E-state index in [4.69, 9.17) is 21.7 Å². The molecular weight excluding hydrogens is 394 g/mol. The van der Waals surface area contributed by atoms with Crippen molar-refractivity contribution >= 4 is 50.1 Å². The highest BCUT2D eigenvalue weighted by Crippen LogP contribution is 2.37. The molecule has 0 bridgehead atoms. The number of carbonyl (C=O) groups excluding carboxylic acids is 1. The zero-order chi connectivity index (χ0) is 18.9. The van der Waals surface area contributed by atoms with Crippen molar-refractivity contribution in [2.24, 2.45) is 0 Å². The van der Waals surface area contributed by atoms with Crippen LogP contribution in [-0.4, -0.2) is 54.8 Å². The van der Waals surface area contributed by atoms with Crippen molar-refractivity contribution in [2.45, 2.75) is 19.4 Å². The number of sulfone groups is 1. The minimum absolute atomic E-state index is 0.0242. The number of thioether (sulfide) groups is 1. The van der Waals surface area contributed by atoms with Crippen LogP contribution in [0.2, 0.25) is 0 Å². The first-order chi connectivity index (χ1) is 12.3. The Bertz CT molecular complexity index is 878. The summed E-state index contributed by atoms with van der Waals surface area (Å²) in [5.41, 5.74) is 0.782. The maximum absolute atomic E-state index is 12.7. The normalized spacial score (nSPS) is 23.7. The monoisotopic (exact) mass is 413 g/mol. The van der Waals surface area contributed by atoms with E-state index in [9.17, 15) is 13.2 Å². The molecule has 0 radical (unpaired) electrons. The molecule has 0 aromatic heterocycles. The van der Waals surface area contributed by atoms with Crippen molar-refractivity contribution in [3.05, 3.63) is 28.7 Å². The summed E-state index contributed by atoms with van der Waals surface area (Å²) >= 11 is 6.51. The van der Waals surface area contributed by atoms with Crippen molar-refractivity contribution in [2.75, 3.05) is 25.2 Å². The van der Waals surface area contributed by atoms with Crippen LogP contribution >= 0.6 is 24.0 Å². The number of thiocarbonyl (C=S) groups is 1. The summed E-state index contributed by atoms with van der Waals surface area (Å²) in [7, 11) is -1.53. The quantitative estimate of drug-likeness (QED) is 0.542. The molecule has 0 unspecified atom stereocenters. The summed E-state index contributed by atoms with van der Waals surface area (Å²) in [6.07, 6.45) is 2.17. The topological polar surface area (TPSA) is 72.9 Å². The summed E-state index contributed by atoms with van der Waals surface area (Å²) < 4.78 is 34.6. The molecule has 1 aromatic rings. The van der Waals surface area contributed by atoms with E-state index in [1.807, 2.05) is 13.0 Å². The van der Waals surface area contributed by atoms with E-state index in [1.54, 1.807) is 25.3 Å². The van der Waals surface area contributed by atoms with Gasteiger partial charge in [0.15, 0.2) is 21.3 Å². The summed E-state index contributed by atoms with van der Waals surface area (Å²) in [4.78, 5) is 14.7. The van der Waals surface area contributed by atoms with Crippen molar-refractivity contribution in [3.8, 4) is 11.5 Å². The number of ether oxygens (including phenoxy) is 2. The van der Waals surface area contributed by atoms with Crippen LogP contribution in [0.4, 0.5) is 0 Å². The average Bonchev–Trinajstić information content (AvgIpc) is 3.07. The van der Waals surface area contributed by atoms with Gasteiger partial charge in [0.25, 0.3) is 5.91 Å². The SMILES string of the molecule is CCOc1ccc(/C=C2\SC(=S)N([C@H]3CCS(=O)(=O)C3)C2=O)cc1OC. The van der Waals surface area contributed by atoms with Gasteiger partial charge in [-0.15, -0.1) is 0 Å². The average molecular weight is 414 g/mol. The molecule has 2 fully saturated rings. The largest absolute Gasteiger partial charge is 0.493 e. The van der Waals surface area contributed by atoms with Gasteiger partial charge in [0, 0.05) is 0 Å². The Kier molecular flexibility index (Phi) is 5.59. The van der Waals surface area contributed by atoms with Gasteiger partial charge in [0.05, 0.1) is 36.2 Å². The number of hydrogen-bond donors (Lipinski definition) is 0. The Morgan fingerprint density at radius 2 is 2.15 bits per heavy atom. The van der Waals surface area contributed by atoms with E-state index in [-0.39, 0.29) is 23.5 Å². The van der Waals surface area contributed by atoms with Crippen LogP contribution < -0.4 is 9.47 Å². The molecular formula is C17H19NO5S3. The Labute approximate surface area is 162 Å². The third-order valence-electron chi connectivity index (χ3n) is 4.18. The standard InChI is InChI=1S/C17H19NO5S3/c1-3-23-13-5-4-11(8-14(13)22-2)9-15-16(19)18(17(24)25-15)12-6-7-26(20,21)10-12/h4-5,8-9,12H,3,6-7,10H2,1-2H3/b15-9-/t12-/m0/s1. The summed E-state index contributed by atoms with van der Waals surface area (Å²) in [5.74, 6) is 1.05. The number of nitrogens with zero attached hydrogens (tertiary/aromatic N) is 1. The summed E-state index contributed by atoms with van der Waals surface area (Å²) in [5, 5.41) is 0. The number of amides is 1. The molecule has 2 saturated heterocycles. The van der Waals surface area contributed by atoms with Gasteiger partial charge in [-0.25, -0.2) is 8.42 Å². The third-order valence-corrected chi connectivity index (χ3v) is 7.26. The molecule has 140 valence electrons. The van der Waals surface area contributed by atoms with Crippen molar-refractivity contribution in [1.82, 2.24) is 4.90 Å². The van der Waals surface area contributed by atoms with Crippen molar-refractivity contribution in [1.29, 1.82) is 0 Å². The fourth-order valence-corrected chi connectivity index (χ4v) is 6.07. The molecule has 0 aliphatic carbocycles. The lowest BCUT2D eigenvalue weighted by Gasteiger charge is -2.20. The Morgan fingerprint density at radius 3 is 2.77 bits per heavy atom. The first-order valence-electron chi connectivity index (χ1n) is 8.13. The van der Waals surface area contributed by atoms with Gasteiger partial charge in [0.2, 0.25) is 0 Å². The van der Waals surface area contributed by atoms with Crippen LogP contribution in [0.3, 0.4) is 0 Å². The van der Waals surface area contributed by atoms with E-state index in [0.29, 0.717) is 33.8 Å². The lowest BCUT2D eigenvalue weighted by Crippen LogP contribution is -2.39. The Balaban J connectivity index is 1.84. The van der Waals surface area contributed by atoms with Crippen LogP contribution in [0.25, 0.3) is 6.08 Å². The van der Waals surface area contributed by atoms with Gasteiger partial charge < -0.3 is 9.47 Å². The second kappa shape index (κ2) is 7.58. The highest BCUT2D eigenvalue weighted by atomic mass is 32.2. The molecule has 9 heteroatoms. The van der Waals surface area contributed by atoms with Gasteiger partial charge >= 0.3 is 0 Å². The van der Waals surface area contributed by atoms with Gasteiger partial charge in [-0.1, -0.05) is 30.0 Å². The maximum atomic E-state index is 12.7. The van der Waals surface area contributed by atoms with E-state index < -0.39 is 9.84 Å². The van der Waals surface area contributed by atoms with Crippen LogP contribution in [0.5, 0.6) is 11.5 Å². The molecule has 2 aliphatic rings. The van der Waals surface area contributed by atoms with Crippen molar-refractivity contribution < 1.29 is 22.7 Å². The highest BCUT2D eigenvalue weighted by molar-refractivity contribution is 8.26. The van der Waals surface area contributed by atoms with Crippen LogP contribution in [0.15, 0.2) is 23.1 Å². The fourth-order valence-electron chi connectivity index (χ4n) is 2.97. The molecule has 1 amide bonds. The first kappa shape index (κ1) is 19.2. The smallest absolute Gasteiger partial charge is 0.266 e. The molecule has 2 heterocycles. The molecule has 1 atom stereocenters. The lowest BCUT2D eigenvalue weighted by molar-refractivity contribution is -0.123. The molecule has 6 nitrogen and oxygen atoms in total. The summed E-state index contributed by atoms with van der Waals surface area (Å²) in [6, 6.07) is 5.05. The predicted molar refractivity (Wildman–Crippen MR) is 106 cm³/mol. The second-order valence-corrected chi connectivity index (χ2v) is 9.86. The molecule has 0 spiro atoms. The third kappa shape index (κ3) is 3.89. The maximum Gasteiger partial charge on any atom is 0.266 e. The Morgan fingerprint density at radius 1 is 1.38 bits per heavy atom.